The Morgan fingerprint density at radius 3 is 1.38 bits per heavy atom. The number of nitrogens with zero attached hydrogens (tertiary/aromatic N) is 4. The van der Waals surface area contributed by atoms with Crippen molar-refractivity contribution in [2.24, 2.45) is 0 Å². The van der Waals surface area contributed by atoms with E-state index < -0.39 is 0 Å². The lowest BCUT2D eigenvalue weighted by molar-refractivity contribution is 1.16. The first kappa shape index (κ1) is 23.8. The summed E-state index contributed by atoms with van der Waals surface area (Å²) in [5.41, 5.74) is 9.12. The lowest BCUT2D eigenvalue weighted by Crippen LogP contribution is -2.01. The van der Waals surface area contributed by atoms with Gasteiger partial charge < -0.3 is 9.13 Å². The van der Waals surface area contributed by atoms with Crippen LogP contribution in [0.3, 0.4) is 0 Å². The average molecular weight is 535 g/mol. The molecule has 4 heteroatoms. The number of hydrogen-bond acceptors (Lipinski definition) is 2. The molecule has 0 unspecified atom stereocenters. The molecule has 0 saturated carbocycles. The maximum Gasteiger partial charge on any atom is 0.101 e. The van der Waals surface area contributed by atoms with Crippen molar-refractivity contribution in [3.8, 4) is 34.6 Å². The summed E-state index contributed by atoms with van der Waals surface area (Å²) < 4.78 is 4.44. The van der Waals surface area contributed by atoms with Gasteiger partial charge in [-0.25, -0.2) is 0 Å². The van der Waals surface area contributed by atoms with E-state index >= 15 is 0 Å². The number of fused-ring (bicyclic) bond motifs is 6. The van der Waals surface area contributed by atoms with Gasteiger partial charge in [-0.1, -0.05) is 84.9 Å². The molecule has 8 aromatic rings. The van der Waals surface area contributed by atoms with Crippen LogP contribution in [-0.2, 0) is 0 Å². The molecule has 2 aromatic heterocycles. The van der Waals surface area contributed by atoms with Crippen LogP contribution in [0.25, 0.3) is 66.1 Å². The van der Waals surface area contributed by atoms with Gasteiger partial charge in [-0.2, -0.15) is 10.5 Å². The highest BCUT2D eigenvalue weighted by atomic mass is 15.0. The highest BCUT2D eigenvalue weighted by Crippen LogP contribution is 2.39. The zero-order valence-electron chi connectivity index (χ0n) is 22.5. The molecule has 0 amide bonds. The third-order valence-electron chi connectivity index (χ3n) is 8.20. The predicted molar refractivity (Wildman–Crippen MR) is 170 cm³/mol. The van der Waals surface area contributed by atoms with Gasteiger partial charge in [0, 0.05) is 27.1 Å². The summed E-state index contributed by atoms with van der Waals surface area (Å²) in [4.78, 5) is 0. The molecule has 42 heavy (non-hydrogen) atoms. The topological polar surface area (TPSA) is 57.4 Å². The third kappa shape index (κ3) is 3.40. The fraction of sp³-hybridized carbons (Fsp3) is 0. The summed E-state index contributed by atoms with van der Waals surface area (Å²) in [6.45, 7) is 0. The lowest BCUT2D eigenvalue weighted by atomic mass is 9.98. The Morgan fingerprint density at radius 1 is 0.429 bits per heavy atom. The number of hydrogen-bond donors (Lipinski definition) is 0. The molecule has 0 spiro atoms. The predicted octanol–water partition coefficient (Wildman–Crippen LogP) is 9.29. The fourth-order valence-electron chi connectivity index (χ4n) is 6.37. The Labute approximate surface area is 242 Å². The minimum Gasteiger partial charge on any atom is -0.309 e. The zero-order valence-corrected chi connectivity index (χ0v) is 22.5. The molecule has 8 rings (SSSR count). The quantitative estimate of drug-likeness (QED) is 0.227. The summed E-state index contributed by atoms with van der Waals surface area (Å²) in [7, 11) is 0. The molecule has 0 atom stereocenters. The summed E-state index contributed by atoms with van der Waals surface area (Å²) in [5, 5.41) is 24.7. The number of para-hydroxylation sites is 4. The highest BCUT2D eigenvalue weighted by molar-refractivity contribution is 6.10. The lowest BCUT2D eigenvalue weighted by Gasteiger charge is -2.17. The van der Waals surface area contributed by atoms with Crippen molar-refractivity contribution < 1.29 is 0 Å². The molecule has 0 N–H and O–H groups in total. The largest absolute Gasteiger partial charge is 0.309 e. The Balaban J connectivity index is 1.45. The molecule has 4 nitrogen and oxygen atoms in total. The van der Waals surface area contributed by atoms with Gasteiger partial charge in [-0.3, -0.25) is 0 Å². The zero-order chi connectivity index (χ0) is 28.2. The van der Waals surface area contributed by atoms with E-state index in [1.54, 1.807) is 0 Å². The standard InChI is InChI=1S/C38H22N4/c39-23-25-17-20-28(38(21-25)42-35-15-7-3-11-31(35)32-12-4-8-16-36(32)42)26-18-19-27(24-40)37(22-26)41-33-13-5-1-9-29(33)30-10-2-6-14-34(30)41/h1-22H. The van der Waals surface area contributed by atoms with Gasteiger partial charge >= 0.3 is 0 Å². The van der Waals surface area contributed by atoms with Crippen LogP contribution in [0, 0.1) is 22.7 Å². The highest BCUT2D eigenvalue weighted by Gasteiger charge is 2.19. The van der Waals surface area contributed by atoms with Crippen LogP contribution in [0.2, 0.25) is 0 Å². The van der Waals surface area contributed by atoms with Gasteiger partial charge in [0.1, 0.15) is 6.07 Å². The first-order valence-electron chi connectivity index (χ1n) is 13.8. The average Bonchev–Trinajstić information content (AvgIpc) is 3.57. The Bertz CT molecular complexity index is 2340. The van der Waals surface area contributed by atoms with Crippen LogP contribution in [0.1, 0.15) is 11.1 Å². The van der Waals surface area contributed by atoms with Crippen molar-refractivity contribution in [2.75, 3.05) is 0 Å². The van der Waals surface area contributed by atoms with Crippen molar-refractivity contribution in [3.63, 3.8) is 0 Å². The maximum atomic E-state index is 10.2. The summed E-state index contributed by atoms with van der Waals surface area (Å²) in [6, 6.07) is 50.0. The number of nitriles is 2. The SMILES string of the molecule is N#Cc1ccc(-c2ccc(C#N)c(-n3c4ccccc4c4ccccc43)c2)c(-n2c3ccccc3c3ccccc32)c1. The molecule has 2 heterocycles. The van der Waals surface area contributed by atoms with E-state index in [2.05, 4.69) is 100 Å². The number of aromatic nitrogens is 2. The normalized spacial score (nSPS) is 11.3. The molecule has 0 bridgehead atoms. The minimum absolute atomic E-state index is 0.590. The second-order valence-corrected chi connectivity index (χ2v) is 10.4. The summed E-state index contributed by atoms with van der Waals surface area (Å²) in [5.74, 6) is 0. The van der Waals surface area contributed by atoms with Gasteiger partial charge in [0.2, 0.25) is 0 Å². The van der Waals surface area contributed by atoms with Crippen molar-refractivity contribution in [2.45, 2.75) is 0 Å². The maximum absolute atomic E-state index is 10.2. The molecular weight excluding hydrogens is 512 g/mol. The summed E-state index contributed by atoms with van der Waals surface area (Å²) in [6.07, 6.45) is 0. The first-order chi connectivity index (χ1) is 20.8. The van der Waals surface area contributed by atoms with Gasteiger partial charge in [0.05, 0.1) is 50.6 Å². The molecule has 0 radical (unpaired) electrons. The van der Waals surface area contributed by atoms with Crippen LogP contribution in [0.4, 0.5) is 0 Å². The monoisotopic (exact) mass is 534 g/mol. The van der Waals surface area contributed by atoms with Crippen molar-refractivity contribution in [1.82, 2.24) is 9.13 Å². The second kappa shape index (κ2) is 9.24. The molecule has 0 fully saturated rings. The molecule has 0 aliphatic carbocycles. The van der Waals surface area contributed by atoms with E-state index in [1.807, 2.05) is 54.6 Å². The van der Waals surface area contributed by atoms with E-state index in [0.717, 1.165) is 66.1 Å². The van der Waals surface area contributed by atoms with Gasteiger partial charge in [-0.15, -0.1) is 0 Å². The van der Waals surface area contributed by atoms with Crippen LogP contribution >= 0.6 is 0 Å². The van der Waals surface area contributed by atoms with Crippen LogP contribution in [0.5, 0.6) is 0 Å². The van der Waals surface area contributed by atoms with E-state index in [0.29, 0.717) is 11.1 Å². The van der Waals surface area contributed by atoms with Crippen molar-refractivity contribution >= 4 is 43.6 Å². The van der Waals surface area contributed by atoms with E-state index in [-0.39, 0.29) is 0 Å². The molecule has 0 aliphatic rings. The second-order valence-electron chi connectivity index (χ2n) is 10.4. The Kier molecular flexibility index (Phi) is 5.22. The number of benzene rings is 6. The number of rotatable bonds is 3. The van der Waals surface area contributed by atoms with Crippen LogP contribution < -0.4 is 0 Å². The molecule has 0 saturated heterocycles. The minimum atomic E-state index is 0.590. The van der Waals surface area contributed by atoms with Gasteiger partial charge in [0.15, 0.2) is 0 Å². The molecular formula is C38H22N4. The Hall–Kier alpha value is -6.10. The Morgan fingerprint density at radius 2 is 0.905 bits per heavy atom. The fourth-order valence-corrected chi connectivity index (χ4v) is 6.37. The van der Waals surface area contributed by atoms with Crippen LogP contribution in [0.15, 0.2) is 133 Å². The van der Waals surface area contributed by atoms with Crippen LogP contribution in [-0.4, -0.2) is 9.13 Å². The molecule has 0 aliphatic heterocycles. The van der Waals surface area contributed by atoms with Crippen molar-refractivity contribution in [3.05, 3.63) is 145 Å². The summed E-state index contributed by atoms with van der Waals surface area (Å²) >= 11 is 0. The van der Waals surface area contributed by atoms with Gasteiger partial charge in [-0.05, 0) is 54.1 Å². The van der Waals surface area contributed by atoms with E-state index in [1.165, 1.54) is 0 Å². The van der Waals surface area contributed by atoms with Gasteiger partial charge in [0.25, 0.3) is 0 Å². The van der Waals surface area contributed by atoms with E-state index in [4.69, 9.17) is 0 Å². The van der Waals surface area contributed by atoms with E-state index in [9.17, 15) is 10.5 Å². The smallest absolute Gasteiger partial charge is 0.101 e. The molecule has 6 aromatic carbocycles. The molecule has 194 valence electrons. The van der Waals surface area contributed by atoms with Crippen molar-refractivity contribution in [1.29, 1.82) is 10.5 Å². The third-order valence-corrected chi connectivity index (χ3v) is 8.20. The first-order valence-corrected chi connectivity index (χ1v) is 13.8.